The highest BCUT2D eigenvalue weighted by Gasteiger charge is 2.15. The van der Waals surface area contributed by atoms with Crippen LogP contribution in [0.4, 0.5) is 5.82 Å². The Morgan fingerprint density at radius 1 is 1.12 bits per heavy atom. The molecular weight excluding hydrogens is 324 g/mol. The van der Waals surface area contributed by atoms with Gasteiger partial charge in [-0.25, -0.2) is 15.0 Å². The fourth-order valence-electron chi connectivity index (χ4n) is 2.91. The standard InChI is InChI=1S/C20H20N6/c1-12-9-13(2)24-20(17(12)10-21)26-15(4)18-11-23-19(25-14(18)3)16-5-7-22-8-6-16/h5-9,11,15H,1-4H3,(H,24,26)/t15-/m1/s1. The van der Waals surface area contributed by atoms with Crippen molar-refractivity contribution in [3.8, 4) is 17.5 Å². The quantitative estimate of drug-likeness (QED) is 0.772. The molecule has 130 valence electrons. The maximum atomic E-state index is 9.43. The third-order valence-electron chi connectivity index (χ3n) is 4.23. The predicted octanol–water partition coefficient (Wildman–Crippen LogP) is 3.90. The van der Waals surface area contributed by atoms with Gasteiger partial charge in [0.25, 0.3) is 0 Å². The lowest BCUT2D eigenvalue weighted by Crippen LogP contribution is -2.13. The van der Waals surface area contributed by atoms with Gasteiger partial charge in [0, 0.05) is 41.1 Å². The van der Waals surface area contributed by atoms with Gasteiger partial charge in [0.15, 0.2) is 5.82 Å². The summed E-state index contributed by atoms with van der Waals surface area (Å²) in [7, 11) is 0. The van der Waals surface area contributed by atoms with Gasteiger partial charge in [-0.3, -0.25) is 4.98 Å². The van der Waals surface area contributed by atoms with Crippen LogP contribution < -0.4 is 5.32 Å². The van der Waals surface area contributed by atoms with Crippen LogP contribution >= 0.6 is 0 Å². The summed E-state index contributed by atoms with van der Waals surface area (Å²) in [6, 6.07) is 7.83. The number of nitriles is 1. The second kappa shape index (κ2) is 7.28. The van der Waals surface area contributed by atoms with Gasteiger partial charge in [0.1, 0.15) is 11.9 Å². The lowest BCUT2D eigenvalue weighted by atomic mass is 10.1. The van der Waals surface area contributed by atoms with Crippen molar-refractivity contribution in [3.63, 3.8) is 0 Å². The second-order valence-corrected chi connectivity index (χ2v) is 6.25. The smallest absolute Gasteiger partial charge is 0.159 e. The summed E-state index contributed by atoms with van der Waals surface area (Å²) in [6.45, 7) is 7.81. The molecule has 26 heavy (non-hydrogen) atoms. The zero-order chi connectivity index (χ0) is 18.7. The highest BCUT2D eigenvalue weighted by molar-refractivity contribution is 5.58. The van der Waals surface area contributed by atoms with E-state index < -0.39 is 0 Å². The molecule has 0 radical (unpaired) electrons. The van der Waals surface area contributed by atoms with Gasteiger partial charge in [-0.1, -0.05) is 0 Å². The van der Waals surface area contributed by atoms with Crippen LogP contribution in [0.5, 0.6) is 0 Å². The van der Waals surface area contributed by atoms with Crippen LogP contribution in [-0.4, -0.2) is 19.9 Å². The molecule has 0 saturated heterocycles. The Morgan fingerprint density at radius 2 is 1.85 bits per heavy atom. The number of nitrogens with one attached hydrogen (secondary N) is 1. The Hall–Kier alpha value is -3.33. The number of aryl methyl sites for hydroxylation is 3. The Labute approximate surface area is 153 Å². The van der Waals surface area contributed by atoms with E-state index in [0.717, 1.165) is 28.1 Å². The summed E-state index contributed by atoms with van der Waals surface area (Å²) in [5.41, 5.74) is 5.13. The van der Waals surface area contributed by atoms with E-state index >= 15 is 0 Å². The molecular formula is C20H20N6. The van der Waals surface area contributed by atoms with Crippen LogP contribution in [0.15, 0.2) is 36.8 Å². The van der Waals surface area contributed by atoms with Crippen LogP contribution in [0, 0.1) is 32.1 Å². The monoisotopic (exact) mass is 344 g/mol. The van der Waals surface area contributed by atoms with Crippen molar-refractivity contribution in [2.75, 3.05) is 5.32 Å². The van der Waals surface area contributed by atoms with E-state index in [-0.39, 0.29) is 6.04 Å². The maximum absolute atomic E-state index is 9.43. The topological polar surface area (TPSA) is 87.4 Å². The molecule has 0 bridgehead atoms. The van der Waals surface area contributed by atoms with E-state index in [9.17, 15) is 5.26 Å². The molecule has 0 fully saturated rings. The first-order valence-electron chi connectivity index (χ1n) is 8.38. The van der Waals surface area contributed by atoms with Gasteiger partial charge in [0.05, 0.1) is 11.6 Å². The zero-order valence-corrected chi connectivity index (χ0v) is 15.3. The summed E-state index contributed by atoms with van der Waals surface area (Å²) >= 11 is 0. The van der Waals surface area contributed by atoms with E-state index in [1.165, 1.54) is 0 Å². The second-order valence-electron chi connectivity index (χ2n) is 6.25. The Balaban J connectivity index is 1.90. The molecule has 0 aliphatic carbocycles. The molecule has 6 heteroatoms. The lowest BCUT2D eigenvalue weighted by molar-refractivity contribution is 0.836. The van der Waals surface area contributed by atoms with E-state index in [4.69, 9.17) is 0 Å². The van der Waals surface area contributed by atoms with E-state index in [1.54, 1.807) is 12.4 Å². The van der Waals surface area contributed by atoms with Crippen molar-refractivity contribution in [3.05, 3.63) is 64.9 Å². The molecule has 1 N–H and O–H groups in total. The molecule has 3 aromatic heterocycles. The average molecular weight is 344 g/mol. The van der Waals surface area contributed by atoms with Gasteiger partial charge in [-0.2, -0.15) is 5.26 Å². The molecule has 3 heterocycles. The molecule has 0 aliphatic rings. The van der Waals surface area contributed by atoms with Gasteiger partial charge in [-0.05, 0) is 51.5 Å². The molecule has 0 spiro atoms. The molecule has 1 atom stereocenters. The number of anilines is 1. The molecule has 0 saturated carbocycles. The fourth-order valence-corrected chi connectivity index (χ4v) is 2.91. The first-order chi connectivity index (χ1) is 12.5. The number of pyridine rings is 2. The van der Waals surface area contributed by atoms with Crippen molar-refractivity contribution < 1.29 is 0 Å². The number of nitrogens with zero attached hydrogens (tertiary/aromatic N) is 5. The number of hydrogen-bond donors (Lipinski definition) is 1. The van der Waals surface area contributed by atoms with E-state index in [1.807, 2.05) is 52.1 Å². The van der Waals surface area contributed by atoms with Gasteiger partial charge >= 0.3 is 0 Å². The fraction of sp³-hybridized carbons (Fsp3) is 0.250. The molecule has 3 rings (SSSR count). The normalized spacial score (nSPS) is 11.7. The molecule has 0 aromatic carbocycles. The Morgan fingerprint density at radius 3 is 2.50 bits per heavy atom. The first kappa shape index (κ1) is 17.5. The number of hydrogen-bond acceptors (Lipinski definition) is 6. The third kappa shape index (κ3) is 3.52. The molecule has 0 amide bonds. The third-order valence-corrected chi connectivity index (χ3v) is 4.23. The minimum Gasteiger partial charge on any atom is -0.362 e. The van der Waals surface area contributed by atoms with E-state index in [2.05, 4.69) is 31.3 Å². The van der Waals surface area contributed by atoms with Crippen LogP contribution in [0.25, 0.3) is 11.4 Å². The predicted molar refractivity (Wildman–Crippen MR) is 100 cm³/mol. The maximum Gasteiger partial charge on any atom is 0.159 e. The molecule has 3 aromatic rings. The summed E-state index contributed by atoms with van der Waals surface area (Å²) < 4.78 is 0. The van der Waals surface area contributed by atoms with Crippen molar-refractivity contribution in [1.82, 2.24) is 19.9 Å². The number of aromatic nitrogens is 4. The highest BCUT2D eigenvalue weighted by Crippen LogP contribution is 2.25. The van der Waals surface area contributed by atoms with Gasteiger partial charge in [-0.15, -0.1) is 0 Å². The number of rotatable bonds is 4. The largest absolute Gasteiger partial charge is 0.362 e. The lowest BCUT2D eigenvalue weighted by Gasteiger charge is -2.18. The zero-order valence-electron chi connectivity index (χ0n) is 15.3. The minimum absolute atomic E-state index is 0.0812. The summed E-state index contributed by atoms with van der Waals surface area (Å²) in [5.74, 6) is 1.26. The molecule has 0 aliphatic heterocycles. The summed E-state index contributed by atoms with van der Waals surface area (Å²) in [6.07, 6.45) is 5.27. The molecule has 0 unspecified atom stereocenters. The first-order valence-corrected chi connectivity index (χ1v) is 8.38. The van der Waals surface area contributed by atoms with Crippen LogP contribution in [0.3, 0.4) is 0 Å². The SMILES string of the molecule is Cc1cc(C)c(C#N)c(N[C@H](C)c2cnc(-c3ccncc3)nc2C)n1. The van der Waals surface area contributed by atoms with E-state index in [0.29, 0.717) is 17.2 Å². The van der Waals surface area contributed by atoms with Crippen LogP contribution in [0.2, 0.25) is 0 Å². The van der Waals surface area contributed by atoms with Crippen molar-refractivity contribution in [2.24, 2.45) is 0 Å². The highest BCUT2D eigenvalue weighted by atomic mass is 15.0. The Bertz CT molecular complexity index is 976. The average Bonchev–Trinajstić information content (AvgIpc) is 2.62. The molecule has 6 nitrogen and oxygen atoms in total. The van der Waals surface area contributed by atoms with Crippen LogP contribution in [-0.2, 0) is 0 Å². The Kier molecular flexibility index (Phi) is 4.90. The summed E-state index contributed by atoms with van der Waals surface area (Å²) in [4.78, 5) is 17.6. The van der Waals surface area contributed by atoms with Crippen molar-refractivity contribution in [1.29, 1.82) is 5.26 Å². The minimum atomic E-state index is -0.0812. The van der Waals surface area contributed by atoms with Crippen molar-refractivity contribution in [2.45, 2.75) is 33.7 Å². The summed E-state index contributed by atoms with van der Waals surface area (Å²) in [5, 5.41) is 12.8. The van der Waals surface area contributed by atoms with Gasteiger partial charge in [0.2, 0.25) is 0 Å². The van der Waals surface area contributed by atoms with Crippen LogP contribution in [0.1, 0.15) is 41.0 Å². The van der Waals surface area contributed by atoms with Gasteiger partial charge < -0.3 is 5.32 Å². The van der Waals surface area contributed by atoms with Crippen molar-refractivity contribution >= 4 is 5.82 Å².